The van der Waals surface area contributed by atoms with Gasteiger partial charge in [0.1, 0.15) is 12.2 Å². The first kappa shape index (κ1) is 36.6. The minimum Gasteiger partial charge on any atom is -0.462 e. The Balaban J connectivity index is 1.52. The number of esters is 2. The SMILES string of the molecule is COC1CC(CC[C@H](C[C@@H](OC(C)=O)[C@@H]2CC3C[C@@H](CC[C@H]3C(C)C)C[C@@H](CO)C2)OC(C)=O)C(C2CCNC(N)C2)CC1O. The van der Waals surface area contributed by atoms with Crippen molar-refractivity contribution >= 4 is 11.9 Å². The van der Waals surface area contributed by atoms with Crippen molar-refractivity contribution in [3.8, 4) is 0 Å². The van der Waals surface area contributed by atoms with Gasteiger partial charge in [-0.05, 0) is 130 Å². The molecule has 2 bridgehead atoms. The van der Waals surface area contributed by atoms with Crippen LogP contribution < -0.4 is 11.1 Å². The third kappa shape index (κ3) is 10.4. The summed E-state index contributed by atoms with van der Waals surface area (Å²) in [6.07, 6.45) is 10.4. The zero-order chi connectivity index (χ0) is 32.7. The molecular formula is C36H64N2O7. The number of carbonyl (C=O) groups excluding carboxylic acids is 2. The van der Waals surface area contributed by atoms with Crippen LogP contribution in [0.4, 0.5) is 0 Å². The molecular weight excluding hydrogens is 572 g/mol. The van der Waals surface area contributed by atoms with Crippen molar-refractivity contribution < 1.29 is 34.0 Å². The van der Waals surface area contributed by atoms with E-state index in [1.165, 1.54) is 33.1 Å². The van der Waals surface area contributed by atoms with E-state index in [4.69, 9.17) is 19.9 Å². The smallest absolute Gasteiger partial charge is 0.302 e. The van der Waals surface area contributed by atoms with E-state index in [9.17, 15) is 19.8 Å². The van der Waals surface area contributed by atoms with Crippen LogP contribution in [0.2, 0.25) is 0 Å². The molecule has 45 heavy (non-hydrogen) atoms. The Hall–Kier alpha value is -1.26. The monoisotopic (exact) mass is 636 g/mol. The summed E-state index contributed by atoms with van der Waals surface area (Å²) in [4.78, 5) is 24.9. The predicted octanol–water partition coefficient (Wildman–Crippen LogP) is 4.80. The molecule has 0 aromatic rings. The molecule has 0 spiro atoms. The summed E-state index contributed by atoms with van der Waals surface area (Å²) < 4.78 is 17.8. The van der Waals surface area contributed by atoms with Crippen LogP contribution >= 0.6 is 0 Å². The van der Waals surface area contributed by atoms with Gasteiger partial charge in [-0.2, -0.15) is 0 Å². The molecule has 7 unspecified atom stereocenters. The fourth-order valence-corrected chi connectivity index (χ4v) is 10.1. The number of hydrogen-bond acceptors (Lipinski definition) is 9. The van der Waals surface area contributed by atoms with Gasteiger partial charge >= 0.3 is 11.9 Å². The molecule has 1 saturated heterocycles. The summed E-state index contributed by atoms with van der Waals surface area (Å²) in [7, 11) is 1.67. The Morgan fingerprint density at radius 3 is 2.33 bits per heavy atom. The Bertz CT molecular complexity index is 933. The zero-order valence-electron chi connectivity index (χ0n) is 28.7. The molecule has 4 rings (SSSR count). The Morgan fingerprint density at radius 2 is 1.69 bits per heavy atom. The van der Waals surface area contributed by atoms with Crippen molar-refractivity contribution in [3.05, 3.63) is 0 Å². The molecule has 9 heteroatoms. The number of aliphatic hydroxyl groups excluding tert-OH is 2. The molecule has 5 N–H and O–H groups in total. The lowest BCUT2D eigenvalue weighted by Crippen LogP contribution is -2.49. The first-order chi connectivity index (χ1) is 21.5. The van der Waals surface area contributed by atoms with Crippen LogP contribution in [-0.4, -0.2) is 73.0 Å². The van der Waals surface area contributed by atoms with Crippen LogP contribution in [0.3, 0.4) is 0 Å². The van der Waals surface area contributed by atoms with Gasteiger partial charge in [0.2, 0.25) is 0 Å². The normalized spacial score (nSPS) is 38.9. The van der Waals surface area contributed by atoms with Crippen LogP contribution in [0.15, 0.2) is 0 Å². The highest BCUT2D eigenvalue weighted by molar-refractivity contribution is 5.66. The fraction of sp³-hybridized carbons (Fsp3) is 0.944. The van der Waals surface area contributed by atoms with E-state index in [0.717, 1.165) is 51.5 Å². The van der Waals surface area contributed by atoms with E-state index >= 15 is 0 Å². The standard InChI is InChI=1S/C36H64N2O7/c1-21(2)31-9-6-24-12-25(20-39)14-29(15-28(31)13-24)34(45-23(4)41)18-30(44-22(3)40)8-7-26-16-35(43-5)33(42)19-32(26)27-10-11-38-36(37)17-27/h21,24-36,38-39,42H,6-20,37H2,1-5H3/t24-,25+,26?,27?,28?,29-,30+,31-,32?,33?,34+,35?,36?/m0/s1. The van der Waals surface area contributed by atoms with Gasteiger partial charge < -0.3 is 35.5 Å². The molecule has 4 aliphatic rings. The van der Waals surface area contributed by atoms with Crippen molar-refractivity contribution in [2.24, 2.45) is 59.0 Å². The molecule has 1 heterocycles. The number of rotatable bonds is 12. The fourth-order valence-electron chi connectivity index (χ4n) is 10.1. The van der Waals surface area contributed by atoms with Crippen molar-refractivity contribution in [1.82, 2.24) is 5.32 Å². The Labute approximate surface area is 272 Å². The second-order valence-corrected chi connectivity index (χ2v) is 15.6. The van der Waals surface area contributed by atoms with Gasteiger partial charge in [-0.1, -0.05) is 20.3 Å². The molecule has 4 fully saturated rings. The highest BCUT2D eigenvalue weighted by Gasteiger charge is 2.43. The number of aliphatic hydroxyl groups is 2. The Kier molecular flexibility index (Phi) is 14.0. The average molecular weight is 637 g/mol. The van der Waals surface area contributed by atoms with Gasteiger partial charge in [0.15, 0.2) is 0 Å². The molecule has 3 saturated carbocycles. The van der Waals surface area contributed by atoms with Crippen LogP contribution in [0.25, 0.3) is 0 Å². The van der Waals surface area contributed by atoms with E-state index in [0.29, 0.717) is 60.7 Å². The minimum atomic E-state index is -0.493. The number of carbonyl (C=O) groups is 2. The molecule has 0 radical (unpaired) electrons. The third-order valence-electron chi connectivity index (χ3n) is 12.2. The first-order valence-electron chi connectivity index (χ1n) is 18.1. The largest absolute Gasteiger partial charge is 0.462 e. The van der Waals surface area contributed by atoms with Gasteiger partial charge in [-0.3, -0.25) is 9.59 Å². The van der Waals surface area contributed by atoms with Crippen molar-refractivity contribution in [2.45, 2.75) is 142 Å². The van der Waals surface area contributed by atoms with Gasteiger partial charge in [-0.15, -0.1) is 0 Å². The third-order valence-corrected chi connectivity index (χ3v) is 12.2. The molecule has 0 aromatic heterocycles. The second kappa shape index (κ2) is 17.2. The molecule has 0 aromatic carbocycles. The summed E-state index contributed by atoms with van der Waals surface area (Å²) in [5.74, 6) is 3.25. The summed E-state index contributed by atoms with van der Waals surface area (Å²) in [6.45, 7) is 8.63. The van der Waals surface area contributed by atoms with Crippen molar-refractivity contribution in [3.63, 3.8) is 0 Å². The van der Waals surface area contributed by atoms with Crippen molar-refractivity contribution in [1.29, 1.82) is 0 Å². The molecule has 1 aliphatic heterocycles. The Morgan fingerprint density at radius 1 is 0.933 bits per heavy atom. The highest BCUT2D eigenvalue weighted by atomic mass is 16.6. The lowest BCUT2D eigenvalue weighted by atomic mass is 9.62. The van der Waals surface area contributed by atoms with Gasteiger partial charge in [0.05, 0.1) is 18.4 Å². The predicted molar refractivity (Wildman–Crippen MR) is 174 cm³/mol. The van der Waals surface area contributed by atoms with Crippen LogP contribution in [0, 0.1) is 53.3 Å². The second-order valence-electron chi connectivity index (χ2n) is 15.6. The van der Waals surface area contributed by atoms with Crippen LogP contribution in [0.1, 0.15) is 111 Å². The quantitative estimate of drug-likeness (QED) is 0.222. The number of hydrogen-bond donors (Lipinski definition) is 4. The van der Waals surface area contributed by atoms with Crippen molar-refractivity contribution in [2.75, 3.05) is 20.3 Å². The van der Waals surface area contributed by atoms with E-state index in [1.54, 1.807) is 7.11 Å². The van der Waals surface area contributed by atoms with E-state index in [-0.39, 0.29) is 54.9 Å². The maximum absolute atomic E-state index is 12.5. The number of piperidine rings is 1. The minimum absolute atomic E-state index is 0.0266. The number of nitrogens with one attached hydrogen (secondary N) is 1. The van der Waals surface area contributed by atoms with E-state index in [1.807, 2.05) is 0 Å². The summed E-state index contributed by atoms with van der Waals surface area (Å²) in [5.41, 5.74) is 6.29. The lowest BCUT2D eigenvalue weighted by Gasteiger charge is -2.45. The molecule has 260 valence electrons. The van der Waals surface area contributed by atoms with Gasteiger partial charge in [0.25, 0.3) is 0 Å². The van der Waals surface area contributed by atoms with E-state index in [2.05, 4.69) is 19.2 Å². The molecule has 3 aliphatic carbocycles. The topological polar surface area (TPSA) is 140 Å². The highest BCUT2D eigenvalue weighted by Crippen LogP contribution is 2.48. The number of nitrogens with two attached hydrogens (primary N) is 1. The molecule has 9 nitrogen and oxygen atoms in total. The van der Waals surface area contributed by atoms with E-state index < -0.39 is 6.10 Å². The maximum Gasteiger partial charge on any atom is 0.302 e. The first-order valence-corrected chi connectivity index (χ1v) is 18.1. The maximum atomic E-state index is 12.5. The molecule has 0 amide bonds. The van der Waals surface area contributed by atoms with Crippen LogP contribution in [-0.2, 0) is 23.8 Å². The summed E-state index contributed by atoms with van der Waals surface area (Å²) in [5, 5.41) is 24.6. The number of ether oxygens (including phenoxy) is 3. The van der Waals surface area contributed by atoms with Gasteiger partial charge in [0, 0.05) is 34.0 Å². The average Bonchev–Trinajstić information content (AvgIpc) is 2.97. The molecule has 13 atom stereocenters. The summed E-state index contributed by atoms with van der Waals surface area (Å²) >= 11 is 0. The number of methoxy groups -OCH3 is 1. The van der Waals surface area contributed by atoms with Crippen LogP contribution in [0.5, 0.6) is 0 Å². The zero-order valence-corrected chi connectivity index (χ0v) is 28.7. The number of fused-ring (bicyclic) bond motifs is 2. The summed E-state index contributed by atoms with van der Waals surface area (Å²) in [6, 6.07) is 0. The lowest BCUT2D eigenvalue weighted by molar-refractivity contribution is -0.157. The van der Waals surface area contributed by atoms with Gasteiger partial charge in [-0.25, -0.2) is 0 Å².